The molecule has 0 fully saturated rings. The molecule has 0 aromatic heterocycles. The molecule has 0 heterocycles. The summed E-state index contributed by atoms with van der Waals surface area (Å²) in [6.45, 7) is 5.34. The van der Waals surface area contributed by atoms with Gasteiger partial charge in [-0.25, -0.2) is 0 Å². The van der Waals surface area contributed by atoms with E-state index in [1.807, 2.05) is 11.8 Å². The quantitative estimate of drug-likeness (QED) is 0.685. The Morgan fingerprint density at radius 3 is 2.23 bits per heavy atom. The molecule has 2 atom stereocenters. The van der Waals surface area contributed by atoms with E-state index in [4.69, 9.17) is 5.73 Å². The Bertz CT molecular complexity index is 119. The molecule has 13 heavy (non-hydrogen) atoms. The van der Waals surface area contributed by atoms with E-state index in [-0.39, 0.29) is 0 Å². The van der Waals surface area contributed by atoms with E-state index in [1.54, 1.807) is 0 Å². The monoisotopic (exact) mass is 204 g/mol. The van der Waals surface area contributed by atoms with Gasteiger partial charge < -0.3 is 10.6 Å². The van der Waals surface area contributed by atoms with Crippen molar-refractivity contribution >= 4 is 11.8 Å². The van der Waals surface area contributed by atoms with E-state index in [0.717, 1.165) is 13.0 Å². The lowest BCUT2D eigenvalue weighted by atomic mass is 10.1. The molecule has 0 bridgehead atoms. The van der Waals surface area contributed by atoms with Crippen molar-refractivity contribution in [2.24, 2.45) is 5.73 Å². The van der Waals surface area contributed by atoms with Crippen molar-refractivity contribution in [1.29, 1.82) is 0 Å². The number of nitrogens with two attached hydrogens (primary N) is 1. The third-order valence-electron chi connectivity index (χ3n) is 2.71. The van der Waals surface area contributed by atoms with Crippen LogP contribution in [0.15, 0.2) is 0 Å². The van der Waals surface area contributed by atoms with Crippen LogP contribution in [0.1, 0.15) is 26.7 Å². The number of hydrogen-bond donors (Lipinski definition) is 1. The smallest absolute Gasteiger partial charge is 0.00787 e. The molecule has 0 aliphatic heterocycles. The third kappa shape index (κ3) is 5.55. The van der Waals surface area contributed by atoms with Gasteiger partial charge in [-0.15, -0.1) is 0 Å². The predicted molar refractivity (Wildman–Crippen MR) is 63.4 cm³/mol. The minimum atomic E-state index is 0.613. The van der Waals surface area contributed by atoms with Crippen LogP contribution in [0.25, 0.3) is 0 Å². The Kier molecular flexibility index (Phi) is 7.81. The summed E-state index contributed by atoms with van der Waals surface area (Å²) in [5, 5.41) is 0. The first-order valence-electron chi connectivity index (χ1n) is 5.04. The van der Waals surface area contributed by atoms with Crippen LogP contribution in [0.2, 0.25) is 0 Å². The molecule has 0 saturated carbocycles. The van der Waals surface area contributed by atoms with Crippen molar-refractivity contribution in [3.05, 3.63) is 0 Å². The topological polar surface area (TPSA) is 29.3 Å². The average Bonchev–Trinajstić information content (AvgIpc) is 2.13. The fourth-order valence-corrected chi connectivity index (χ4v) is 1.95. The second-order valence-corrected chi connectivity index (χ2v) is 4.71. The molecule has 0 aliphatic rings. The van der Waals surface area contributed by atoms with Crippen LogP contribution in [0, 0.1) is 0 Å². The van der Waals surface area contributed by atoms with Crippen molar-refractivity contribution < 1.29 is 0 Å². The molecular weight excluding hydrogens is 180 g/mol. The second kappa shape index (κ2) is 7.65. The zero-order valence-corrected chi connectivity index (χ0v) is 10.2. The average molecular weight is 204 g/mol. The van der Waals surface area contributed by atoms with E-state index in [1.165, 1.54) is 12.2 Å². The van der Waals surface area contributed by atoms with E-state index in [9.17, 15) is 0 Å². The third-order valence-corrected chi connectivity index (χ3v) is 3.36. The maximum absolute atomic E-state index is 5.54. The van der Waals surface area contributed by atoms with Crippen LogP contribution >= 0.6 is 11.8 Å². The molecule has 0 amide bonds. The van der Waals surface area contributed by atoms with E-state index in [2.05, 4.69) is 32.1 Å². The van der Waals surface area contributed by atoms with Gasteiger partial charge in [0.2, 0.25) is 0 Å². The van der Waals surface area contributed by atoms with Gasteiger partial charge in [-0.3, -0.25) is 0 Å². The first-order valence-corrected chi connectivity index (χ1v) is 6.43. The molecule has 0 aromatic carbocycles. The van der Waals surface area contributed by atoms with Gasteiger partial charge in [0.25, 0.3) is 0 Å². The molecule has 0 aliphatic carbocycles. The lowest BCUT2D eigenvalue weighted by Gasteiger charge is -2.30. The van der Waals surface area contributed by atoms with Gasteiger partial charge in [0.15, 0.2) is 0 Å². The van der Waals surface area contributed by atoms with Gasteiger partial charge in [-0.1, -0.05) is 0 Å². The fourth-order valence-electron chi connectivity index (χ4n) is 1.37. The van der Waals surface area contributed by atoms with E-state index in [0.29, 0.717) is 12.1 Å². The largest absolute Gasteiger partial charge is 0.330 e. The molecule has 0 radical (unpaired) electrons. The van der Waals surface area contributed by atoms with Crippen molar-refractivity contribution in [1.82, 2.24) is 4.90 Å². The van der Waals surface area contributed by atoms with Gasteiger partial charge in [-0.05, 0) is 52.3 Å². The highest BCUT2D eigenvalue weighted by molar-refractivity contribution is 7.98. The maximum atomic E-state index is 5.54. The zero-order chi connectivity index (χ0) is 10.3. The second-order valence-electron chi connectivity index (χ2n) is 3.72. The SMILES string of the molecule is CSCCC(C)N(C)C(C)CCN. The first-order chi connectivity index (χ1) is 6.13. The van der Waals surface area contributed by atoms with Crippen molar-refractivity contribution in [3.63, 3.8) is 0 Å². The summed E-state index contributed by atoms with van der Waals surface area (Å²) >= 11 is 1.92. The molecule has 0 saturated heterocycles. The summed E-state index contributed by atoms with van der Waals surface area (Å²) in [6.07, 6.45) is 4.53. The summed E-state index contributed by atoms with van der Waals surface area (Å²) < 4.78 is 0. The predicted octanol–water partition coefficient (Wildman–Crippen LogP) is 1.80. The van der Waals surface area contributed by atoms with Gasteiger partial charge in [0, 0.05) is 12.1 Å². The molecule has 2 nitrogen and oxygen atoms in total. The van der Waals surface area contributed by atoms with Crippen LogP contribution in [-0.4, -0.2) is 42.6 Å². The van der Waals surface area contributed by atoms with Gasteiger partial charge in [0.1, 0.15) is 0 Å². The molecular formula is C10H24N2S. The molecule has 2 unspecified atom stereocenters. The van der Waals surface area contributed by atoms with Crippen molar-refractivity contribution in [3.8, 4) is 0 Å². The van der Waals surface area contributed by atoms with Crippen LogP contribution in [0.5, 0.6) is 0 Å². The lowest BCUT2D eigenvalue weighted by Crippen LogP contribution is -2.38. The zero-order valence-electron chi connectivity index (χ0n) is 9.42. The van der Waals surface area contributed by atoms with Gasteiger partial charge >= 0.3 is 0 Å². The van der Waals surface area contributed by atoms with Gasteiger partial charge in [-0.2, -0.15) is 11.8 Å². The van der Waals surface area contributed by atoms with Crippen LogP contribution in [0.4, 0.5) is 0 Å². The maximum Gasteiger partial charge on any atom is 0.00787 e. The van der Waals surface area contributed by atoms with Crippen LogP contribution in [-0.2, 0) is 0 Å². The van der Waals surface area contributed by atoms with Crippen molar-refractivity contribution in [2.45, 2.75) is 38.8 Å². The molecule has 0 rings (SSSR count). The number of rotatable bonds is 7. The Hall–Kier alpha value is 0.270. The highest BCUT2D eigenvalue weighted by Crippen LogP contribution is 2.10. The fraction of sp³-hybridized carbons (Fsp3) is 1.00. The molecule has 3 heteroatoms. The minimum absolute atomic E-state index is 0.613. The summed E-state index contributed by atoms with van der Waals surface area (Å²) in [7, 11) is 2.20. The molecule has 0 spiro atoms. The number of thioether (sulfide) groups is 1. The van der Waals surface area contributed by atoms with E-state index >= 15 is 0 Å². The Morgan fingerprint density at radius 1 is 1.23 bits per heavy atom. The highest BCUT2D eigenvalue weighted by atomic mass is 32.2. The summed E-state index contributed by atoms with van der Waals surface area (Å²) in [5.74, 6) is 1.25. The summed E-state index contributed by atoms with van der Waals surface area (Å²) in [4.78, 5) is 2.43. The lowest BCUT2D eigenvalue weighted by molar-refractivity contribution is 0.186. The van der Waals surface area contributed by atoms with E-state index < -0.39 is 0 Å². The highest BCUT2D eigenvalue weighted by Gasteiger charge is 2.14. The Balaban J connectivity index is 3.71. The summed E-state index contributed by atoms with van der Waals surface area (Å²) in [5.41, 5.74) is 5.54. The standard InChI is InChI=1S/C10H24N2S/c1-9(5-7-11)12(3)10(2)6-8-13-4/h9-10H,5-8,11H2,1-4H3. The van der Waals surface area contributed by atoms with Crippen molar-refractivity contribution in [2.75, 3.05) is 25.6 Å². The number of hydrogen-bond acceptors (Lipinski definition) is 3. The minimum Gasteiger partial charge on any atom is -0.330 e. The molecule has 80 valence electrons. The van der Waals surface area contributed by atoms with Gasteiger partial charge in [0.05, 0.1) is 0 Å². The first kappa shape index (κ1) is 13.3. The molecule has 0 aromatic rings. The van der Waals surface area contributed by atoms with Crippen LogP contribution < -0.4 is 5.73 Å². The Morgan fingerprint density at radius 2 is 1.77 bits per heavy atom. The normalized spacial score (nSPS) is 16.2. The van der Waals surface area contributed by atoms with Crippen LogP contribution in [0.3, 0.4) is 0 Å². The molecule has 2 N–H and O–H groups in total. The summed E-state index contributed by atoms with van der Waals surface area (Å²) in [6, 6.07) is 1.29. The number of nitrogens with zero attached hydrogens (tertiary/aromatic N) is 1. The Labute approximate surface area is 87.2 Å².